The van der Waals surface area contributed by atoms with Crippen molar-refractivity contribution in [1.82, 2.24) is 9.88 Å². The molecule has 1 aromatic carbocycles. The fourth-order valence-electron chi connectivity index (χ4n) is 1.57. The Bertz CT molecular complexity index is 677. The van der Waals surface area contributed by atoms with E-state index in [0.717, 1.165) is 0 Å². The molecule has 0 spiro atoms. The number of para-hydroxylation sites is 1. The van der Waals surface area contributed by atoms with Gasteiger partial charge < -0.3 is 10.3 Å². The van der Waals surface area contributed by atoms with E-state index in [1.54, 1.807) is 32.0 Å². The molecule has 6 nitrogen and oxygen atoms in total. The van der Waals surface area contributed by atoms with Crippen molar-refractivity contribution < 1.29 is 12.9 Å². The number of fused-ring (bicyclic) bond motifs is 1. The molecule has 112 valence electrons. The monoisotopic (exact) mass is 319 g/mol. The Labute approximate surface area is 124 Å². The third-order valence-electron chi connectivity index (χ3n) is 2.53. The average molecular weight is 320 g/mol. The molecule has 0 aliphatic heterocycles. The maximum absolute atomic E-state index is 11.9. The Kier molecular flexibility index (Phi) is 5.15. The zero-order chi connectivity index (χ0) is 14.1. The molecule has 0 radical (unpaired) electrons. The number of hydrogen-bond acceptors (Lipinski definition) is 5. The predicted molar refractivity (Wildman–Crippen MR) is 80.1 cm³/mol. The second-order valence-corrected chi connectivity index (χ2v) is 7.00. The maximum Gasteiger partial charge on any atom is 0.217 e. The van der Waals surface area contributed by atoms with Gasteiger partial charge in [0.15, 0.2) is 5.58 Å². The zero-order valence-corrected chi connectivity index (χ0v) is 12.9. The number of sulfonamides is 1. The summed E-state index contributed by atoms with van der Waals surface area (Å²) in [5, 5.41) is 4.51. The van der Waals surface area contributed by atoms with Crippen molar-refractivity contribution >= 4 is 33.4 Å². The van der Waals surface area contributed by atoms with Crippen molar-refractivity contribution in [3.8, 4) is 0 Å². The quantitative estimate of drug-likeness (QED) is 0.868. The molecule has 0 atom stereocenters. The summed E-state index contributed by atoms with van der Waals surface area (Å²) in [6.07, 6.45) is 0. The fourth-order valence-corrected chi connectivity index (χ4v) is 2.83. The van der Waals surface area contributed by atoms with E-state index in [-0.39, 0.29) is 24.7 Å². The van der Waals surface area contributed by atoms with Crippen LogP contribution in [0, 0.1) is 0 Å². The zero-order valence-electron chi connectivity index (χ0n) is 11.3. The summed E-state index contributed by atoms with van der Waals surface area (Å²) in [7, 11) is -3.48. The normalized spacial score (nSPS) is 12.3. The SMILES string of the molecule is CC(C)(N)CNS(=O)(=O)Cc1noc2ccccc12.Cl. The minimum atomic E-state index is -3.48. The van der Waals surface area contributed by atoms with E-state index in [2.05, 4.69) is 9.88 Å². The van der Waals surface area contributed by atoms with Crippen LogP contribution in [0.5, 0.6) is 0 Å². The number of benzene rings is 1. The van der Waals surface area contributed by atoms with E-state index < -0.39 is 15.6 Å². The van der Waals surface area contributed by atoms with E-state index >= 15 is 0 Å². The van der Waals surface area contributed by atoms with Crippen LogP contribution < -0.4 is 10.5 Å². The number of halogens is 1. The molecule has 1 heterocycles. The van der Waals surface area contributed by atoms with Crippen LogP contribution in [-0.2, 0) is 15.8 Å². The van der Waals surface area contributed by atoms with Crippen molar-refractivity contribution in [1.29, 1.82) is 0 Å². The molecule has 2 rings (SSSR count). The second kappa shape index (κ2) is 6.09. The molecular weight excluding hydrogens is 302 g/mol. The molecule has 20 heavy (non-hydrogen) atoms. The molecule has 0 saturated carbocycles. The molecule has 0 aliphatic carbocycles. The number of nitrogens with one attached hydrogen (secondary N) is 1. The van der Waals surface area contributed by atoms with Crippen LogP contribution in [0.2, 0.25) is 0 Å². The predicted octanol–water partition coefficient (Wildman–Crippen LogP) is 1.41. The van der Waals surface area contributed by atoms with Crippen molar-refractivity contribution in [2.24, 2.45) is 5.73 Å². The first-order valence-electron chi connectivity index (χ1n) is 5.86. The van der Waals surface area contributed by atoms with E-state index in [1.807, 2.05) is 6.07 Å². The highest BCUT2D eigenvalue weighted by Gasteiger charge is 2.20. The summed E-state index contributed by atoms with van der Waals surface area (Å²) in [6, 6.07) is 7.14. The summed E-state index contributed by atoms with van der Waals surface area (Å²) in [5.41, 5.74) is 6.12. The molecule has 0 aliphatic rings. The second-order valence-electron chi connectivity index (χ2n) is 5.19. The minimum absolute atomic E-state index is 0. The van der Waals surface area contributed by atoms with Crippen LogP contribution in [0.3, 0.4) is 0 Å². The van der Waals surface area contributed by atoms with Gasteiger partial charge in [0.1, 0.15) is 11.4 Å². The van der Waals surface area contributed by atoms with Gasteiger partial charge in [0.05, 0.1) is 0 Å². The van der Waals surface area contributed by atoms with Crippen molar-refractivity contribution in [3.05, 3.63) is 30.0 Å². The van der Waals surface area contributed by atoms with Crippen LogP contribution in [0.1, 0.15) is 19.5 Å². The summed E-state index contributed by atoms with van der Waals surface area (Å²) < 4.78 is 31.4. The lowest BCUT2D eigenvalue weighted by Crippen LogP contribution is -2.45. The highest BCUT2D eigenvalue weighted by atomic mass is 35.5. The first-order chi connectivity index (χ1) is 8.77. The summed E-state index contributed by atoms with van der Waals surface area (Å²) in [5.74, 6) is -0.222. The molecule has 8 heteroatoms. The van der Waals surface area contributed by atoms with Crippen molar-refractivity contribution in [2.75, 3.05) is 6.54 Å². The highest BCUT2D eigenvalue weighted by molar-refractivity contribution is 7.88. The van der Waals surface area contributed by atoms with E-state index in [1.165, 1.54) is 0 Å². The highest BCUT2D eigenvalue weighted by Crippen LogP contribution is 2.19. The van der Waals surface area contributed by atoms with Crippen LogP contribution in [0.4, 0.5) is 0 Å². The third-order valence-corrected chi connectivity index (χ3v) is 3.76. The number of hydrogen-bond donors (Lipinski definition) is 2. The molecular formula is C12H18ClN3O3S. The van der Waals surface area contributed by atoms with Crippen LogP contribution >= 0.6 is 12.4 Å². The van der Waals surface area contributed by atoms with Gasteiger partial charge in [0, 0.05) is 17.5 Å². The summed E-state index contributed by atoms with van der Waals surface area (Å²) in [6.45, 7) is 3.67. The van der Waals surface area contributed by atoms with Crippen LogP contribution in [0.15, 0.2) is 28.8 Å². The molecule has 3 N–H and O–H groups in total. The third kappa shape index (κ3) is 4.45. The number of nitrogens with two attached hydrogens (primary N) is 1. The van der Waals surface area contributed by atoms with Crippen LogP contribution in [0.25, 0.3) is 11.0 Å². The Balaban J connectivity index is 0.00000200. The van der Waals surface area contributed by atoms with Crippen molar-refractivity contribution in [2.45, 2.75) is 25.1 Å². The molecule has 0 bridgehead atoms. The topological polar surface area (TPSA) is 98.2 Å². The Morgan fingerprint density at radius 2 is 2.00 bits per heavy atom. The standard InChI is InChI=1S/C12H17N3O3S.ClH/c1-12(2,13)8-14-19(16,17)7-10-9-5-3-4-6-11(9)18-15-10;/h3-6,14H,7-8,13H2,1-2H3;1H. The summed E-state index contributed by atoms with van der Waals surface area (Å²) in [4.78, 5) is 0. The Morgan fingerprint density at radius 1 is 1.35 bits per heavy atom. The lowest BCUT2D eigenvalue weighted by Gasteiger charge is -2.18. The van der Waals surface area contributed by atoms with Gasteiger partial charge in [0.2, 0.25) is 10.0 Å². The first-order valence-corrected chi connectivity index (χ1v) is 7.52. The molecule has 0 amide bonds. The van der Waals surface area contributed by atoms with Gasteiger partial charge in [-0.15, -0.1) is 12.4 Å². The average Bonchev–Trinajstić information content (AvgIpc) is 2.69. The van der Waals surface area contributed by atoms with Gasteiger partial charge >= 0.3 is 0 Å². The largest absolute Gasteiger partial charge is 0.356 e. The van der Waals surface area contributed by atoms with Gasteiger partial charge in [0.25, 0.3) is 0 Å². The van der Waals surface area contributed by atoms with Gasteiger partial charge in [-0.25, -0.2) is 13.1 Å². The molecule has 0 saturated heterocycles. The van der Waals surface area contributed by atoms with Gasteiger partial charge in [-0.05, 0) is 26.0 Å². The number of nitrogens with zero attached hydrogens (tertiary/aromatic N) is 1. The lowest BCUT2D eigenvalue weighted by molar-refractivity contribution is 0.448. The van der Waals surface area contributed by atoms with Gasteiger partial charge in [-0.1, -0.05) is 17.3 Å². The first kappa shape index (κ1) is 16.9. The molecule has 2 aromatic rings. The number of rotatable bonds is 5. The van der Waals surface area contributed by atoms with Crippen molar-refractivity contribution in [3.63, 3.8) is 0 Å². The lowest BCUT2D eigenvalue weighted by atomic mass is 10.1. The molecule has 0 unspecified atom stereocenters. The Hall–Kier alpha value is -1.15. The van der Waals surface area contributed by atoms with Gasteiger partial charge in [-0.3, -0.25) is 0 Å². The Morgan fingerprint density at radius 3 is 2.65 bits per heavy atom. The number of aromatic nitrogens is 1. The van der Waals surface area contributed by atoms with E-state index in [0.29, 0.717) is 16.7 Å². The van der Waals surface area contributed by atoms with E-state index in [4.69, 9.17) is 10.3 Å². The van der Waals surface area contributed by atoms with Crippen LogP contribution in [-0.4, -0.2) is 25.7 Å². The fraction of sp³-hybridized carbons (Fsp3) is 0.417. The maximum atomic E-state index is 11.9. The molecule has 0 fully saturated rings. The minimum Gasteiger partial charge on any atom is -0.356 e. The van der Waals surface area contributed by atoms with E-state index in [9.17, 15) is 8.42 Å². The van der Waals surface area contributed by atoms with Gasteiger partial charge in [-0.2, -0.15) is 0 Å². The molecule has 1 aromatic heterocycles. The smallest absolute Gasteiger partial charge is 0.217 e. The summed E-state index contributed by atoms with van der Waals surface area (Å²) >= 11 is 0.